The van der Waals surface area contributed by atoms with E-state index < -0.39 is 0 Å². The van der Waals surface area contributed by atoms with E-state index in [4.69, 9.17) is 4.98 Å². The third-order valence-electron chi connectivity index (χ3n) is 6.35. The second-order valence-corrected chi connectivity index (χ2v) is 8.51. The van der Waals surface area contributed by atoms with E-state index in [9.17, 15) is 9.50 Å². The van der Waals surface area contributed by atoms with Crippen molar-refractivity contribution in [2.75, 3.05) is 24.6 Å². The number of piperidine rings is 1. The molecule has 1 atom stereocenters. The molecule has 28 heavy (non-hydrogen) atoms. The van der Waals surface area contributed by atoms with Crippen LogP contribution in [0.1, 0.15) is 56.9 Å². The summed E-state index contributed by atoms with van der Waals surface area (Å²) < 4.78 is 13.8. The maximum absolute atomic E-state index is 13.8. The average Bonchev–Trinajstić information content (AvgIpc) is 3.00. The number of halogens is 1. The summed E-state index contributed by atoms with van der Waals surface area (Å²) in [6.07, 6.45) is 9.93. The van der Waals surface area contributed by atoms with Gasteiger partial charge < -0.3 is 15.3 Å². The number of fused-ring (bicyclic) bond motifs is 1. The Morgan fingerprint density at radius 2 is 1.89 bits per heavy atom. The number of pyridine rings is 1. The summed E-state index contributed by atoms with van der Waals surface area (Å²) in [4.78, 5) is 7.17. The first-order valence-electron chi connectivity index (χ1n) is 10.9. The van der Waals surface area contributed by atoms with Crippen molar-refractivity contribution in [2.24, 2.45) is 5.92 Å². The molecule has 1 saturated heterocycles. The molecular formula is C23H32FN3O. The maximum atomic E-state index is 13.8. The van der Waals surface area contributed by atoms with Gasteiger partial charge in [-0.05, 0) is 49.8 Å². The number of benzene rings is 1. The summed E-state index contributed by atoms with van der Waals surface area (Å²) in [7, 11) is 0. The van der Waals surface area contributed by atoms with Crippen LogP contribution in [-0.4, -0.2) is 35.8 Å². The van der Waals surface area contributed by atoms with Crippen LogP contribution < -0.4 is 10.2 Å². The Balaban J connectivity index is 1.61. The summed E-state index contributed by atoms with van der Waals surface area (Å²) >= 11 is 0. The molecule has 152 valence electrons. The van der Waals surface area contributed by atoms with Crippen molar-refractivity contribution < 1.29 is 9.50 Å². The van der Waals surface area contributed by atoms with E-state index in [1.165, 1.54) is 56.2 Å². The number of rotatable bonds is 5. The summed E-state index contributed by atoms with van der Waals surface area (Å²) in [5, 5.41) is 14.4. The Morgan fingerprint density at radius 3 is 2.68 bits per heavy atom. The number of nitrogens with one attached hydrogen (secondary N) is 1. The van der Waals surface area contributed by atoms with Gasteiger partial charge in [-0.3, -0.25) is 0 Å². The smallest absolute Gasteiger partial charge is 0.133 e. The fourth-order valence-electron chi connectivity index (χ4n) is 4.72. The van der Waals surface area contributed by atoms with Gasteiger partial charge in [0.2, 0.25) is 0 Å². The molecule has 1 aromatic heterocycles. The molecule has 0 spiro atoms. The van der Waals surface area contributed by atoms with Gasteiger partial charge in [-0.15, -0.1) is 0 Å². The lowest BCUT2D eigenvalue weighted by atomic mass is 9.98. The van der Waals surface area contributed by atoms with Crippen molar-refractivity contribution in [1.29, 1.82) is 0 Å². The maximum Gasteiger partial charge on any atom is 0.133 e. The molecule has 1 saturated carbocycles. The Kier molecular flexibility index (Phi) is 6.43. The molecule has 5 heteroatoms. The molecule has 0 bridgehead atoms. The lowest BCUT2D eigenvalue weighted by Gasteiger charge is -2.34. The van der Waals surface area contributed by atoms with E-state index in [0.717, 1.165) is 43.7 Å². The lowest BCUT2D eigenvalue weighted by Crippen LogP contribution is -2.38. The minimum absolute atomic E-state index is 0.217. The minimum atomic E-state index is -0.248. The normalized spacial score (nSPS) is 21.8. The summed E-state index contributed by atoms with van der Waals surface area (Å²) in [6, 6.07) is 7.60. The molecule has 1 aliphatic carbocycles. The fourth-order valence-corrected chi connectivity index (χ4v) is 4.72. The zero-order valence-corrected chi connectivity index (χ0v) is 16.7. The van der Waals surface area contributed by atoms with Crippen LogP contribution in [0, 0.1) is 11.7 Å². The first-order valence-corrected chi connectivity index (χ1v) is 10.9. The van der Waals surface area contributed by atoms with Crippen LogP contribution in [-0.2, 0) is 6.54 Å². The van der Waals surface area contributed by atoms with E-state index >= 15 is 0 Å². The molecule has 0 radical (unpaired) electrons. The number of hydrogen-bond acceptors (Lipinski definition) is 4. The van der Waals surface area contributed by atoms with Gasteiger partial charge in [-0.25, -0.2) is 9.37 Å². The van der Waals surface area contributed by atoms with Crippen LogP contribution in [0.25, 0.3) is 10.9 Å². The number of anilines is 1. The SMILES string of the molecule is OCC1CCCN(c2nc3cc(F)ccc3cc2CNC2CCCCCC2)C1. The van der Waals surface area contributed by atoms with Crippen LogP contribution in [0.2, 0.25) is 0 Å². The van der Waals surface area contributed by atoms with Gasteiger partial charge >= 0.3 is 0 Å². The molecule has 0 amide bonds. The van der Waals surface area contributed by atoms with Gasteiger partial charge in [0.25, 0.3) is 0 Å². The monoisotopic (exact) mass is 385 g/mol. The van der Waals surface area contributed by atoms with Gasteiger partial charge in [-0.2, -0.15) is 0 Å². The van der Waals surface area contributed by atoms with Crippen molar-refractivity contribution in [3.05, 3.63) is 35.6 Å². The first-order chi connectivity index (χ1) is 13.7. The average molecular weight is 386 g/mol. The van der Waals surface area contributed by atoms with Gasteiger partial charge in [-0.1, -0.05) is 25.7 Å². The molecular weight excluding hydrogens is 353 g/mol. The Labute approximate surface area is 167 Å². The molecule has 4 nitrogen and oxygen atoms in total. The standard InChI is InChI=1S/C23H32FN3O/c24-20-10-9-18-12-19(14-25-21-7-3-1-2-4-8-21)23(26-22(18)13-20)27-11-5-6-17(15-27)16-28/h9-10,12-13,17,21,25,28H,1-8,11,14-16H2. The van der Waals surface area contributed by atoms with Gasteiger partial charge in [0.05, 0.1) is 5.52 Å². The molecule has 2 aliphatic rings. The zero-order chi connectivity index (χ0) is 19.3. The fraction of sp³-hybridized carbons (Fsp3) is 0.609. The van der Waals surface area contributed by atoms with Gasteiger partial charge in [0.15, 0.2) is 0 Å². The number of aliphatic hydroxyl groups is 1. The van der Waals surface area contributed by atoms with Crippen LogP contribution in [0.15, 0.2) is 24.3 Å². The number of aromatic nitrogens is 1. The molecule has 2 aromatic rings. The molecule has 1 aromatic carbocycles. The summed E-state index contributed by atoms with van der Waals surface area (Å²) in [6.45, 7) is 2.77. The van der Waals surface area contributed by atoms with E-state index in [2.05, 4.69) is 16.3 Å². The number of aliphatic hydroxyl groups excluding tert-OH is 1. The third kappa shape index (κ3) is 4.64. The van der Waals surface area contributed by atoms with Crippen LogP contribution in [0.3, 0.4) is 0 Å². The highest BCUT2D eigenvalue weighted by atomic mass is 19.1. The van der Waals surface area contributed by atoms with E-state index in [1.54, 1.807) is 0 Å². The predicted molar refractivity (Wildman–Crippen MR) is 112 cm³/mol. The minimum Gasteiger partial charge on any atom is -0.396 e. The summed E-state index contributed by atoms with van der Waals surface area (Å²) in [5.74, 6) is 1.00. The molecule has 1 aliphatic heterocycles. The topological polar surface area (TPSA) is 48.4 Å². The Morgan fingerprint density at radius 1 is 1.07 bits per heavy atom. The molecule has 4 rings (SSSR count). The molecule has 1 unspecified atom stereocenters. The Bertz CT molecular complexity index is 789. The predicted octanol–water partition coefficient (Wildman–Crippen LogP) is 4.40. The molecule has 2 heterocycles. The largest absolute Gasteiger partial charge is 0.396 e. The van der Waals surface area contributed by atoms with Gasteiger partial charge in [0, 0.05) is 49.3 Å². The van der Waals surface area contributed by atoms with Crippen molar-refractivity contribution in [3.8, 4) is 0 Å². The molecule has 2 fully saturated rings. The molecule has 2 N–H and O–H groups in total. The van der Waals surface area contributed by atoms with E-state index in [0.29, 0.717) is 17.5 Å². The summed E-state index contributed by atoms with van der Waals surface area (Å²) in [5.41, 5.74) is 1.89. The van der Waals surface area contributed by atoms with Crippen LogP contribution in [0.5, 0.6) is 0 Å². The number of hydrogen-bond donors (Lipinski definition) is 2. The second kappa shape index (κ2) is 9.19. The third-order valence-corrected chi connectivity index (χ3v) is 6.35. The number of nitrogens with zero attached hydrogens (tertiary/aromatic N) is 2. The second-order valence-electron chi connectivity index (χ2n) is 8.51. The van der Waals surface area contributed by atoms with Crippen molar-refractivity contribution in [1.82, 2.24) is 10.3 Å². The van der Waals surface area contributed by atoms with E-state index in [-0.39, 0.29) is 12.4 Å². The van der Waals surface area contributed by atoms with Crippen molar-refractivity contribution in [2.45, 2.75) is 64.0 Å². The van der Waals surface area contributed by atoms with Gasteiger partial charge in [0.1, 0.15) is 11.6 Å². The highest BCUT2D eigenvalue weighted by molar-refractivity contribution is 5.82. The highest BCUT2D eigenvalue weighted by Gasteiger charge is 2.23. The Hall–Kier alpha value is -1.72. The van der Waals surface area contributed by atoms with Crippen LogP contribution in [0.4, 0.5) is 10.2 Å². The first kappa shape index (κ1) is 19.6. The van der Waals surface area contributed by atoms with Crippen molar-refractivity contribution >= 4 is 16.7 Å². The zero-order valence-electron chi connectivity index (χ0n) is 16.7. The highest BCUT2D eigenvalue weighted by Crippen LogP contribution is 2.29. The quantitative estimate of drug-likeness (QED) is 0.749. The van der Waals surface area contributed by atoms with E-state index in [1.807, 2.05) is 6.07 Å². The van der Waals surface area contributed by atoms with Crippen molar-refractivity contribution in [3.63, 3.8) is 0 Å². The lowest BCUT2D eigenvalue weighted by molar-refractivity contribution is 0.208. The van der Waals surface area contributed by atoms with Crippen LogP contribution >= 0.6 is 0 Å².